The highest BCUT2D eigenvalue weighted by molar-refractivity contribution is 5.85. The molecular weight excluding hydrogens is 456 g/mol. The molecular formula is C26H36O9. The summed E-state index contributed by atoms with van der Waals surface area (Å²) in [5, 5.41) is 12.2. The molecule has 3 aliphatic rings. The predicted molar refractivity (Wildman–Crippen MR) is 124 cm³/mol. The second-order valence-electron chi connectivity index (χ2n) is 10.5. The average molecular weight is 493 g/mol. The molecule has 194 valence electrons. The third-order valence-corrected chi connectivity index (χ3v) is 8.45. The lowest BCUT2D eigenvalue weighted by atomic mass is 9.42. The number of carbonyl (C=O) groups excluding carboxylic acids is 4. The van der Waals surface area contributed by atoms with Crippen molar-refractivity contribution in [3.8, 4) is 0 Å². The number of cyclic esters (lactones) is 1. The zero-order valence-electron chi connectivity index (χ0n) is 21.5. The Morgan fingerprint density at radius 3 is 2.20 bits per heavy atom. The third-order valence-electron chi connectivity index (χ3n) is 8.45. The van der Waals surface area contributed by atoms with Crippen LogP contribution in [0.2, 0.25) is 0 Å². The van der Waals surface area contributed by atoms with Crippen molar-refractivity contribution in [1.29, 1.82) is 0 Å². The smallest absolute Gasteiger partial charge is 0.331 e. The highest BCUT2D eigenvalue weighted by atomic mass is 16.6. The van der Waals surface area contributed by atoms with E-state index >= 15 is 0 Å². The summed E-state index contributed by atoms with van der Waals surface area (Å²) in [6.45, 7) is 11.1. The van der Waals surface area contributed by atoms with Gasteiger partial charge in [-0.1, -0.05) is 25.5 Å². The number of hydrogen-bond acceptors (Lipinski definition) is 9. The summed E-state index contributed by atoms with van der Waals surface area (Å²) in [6, 6.07) is 0. The van der Waals surface area contributed by atoms with Crippen LogP contribution in [0.3, 0.4) is 0 Å². The quantitative estimate of drug-likeness (QED) is 0.338. The summed E-state index contributed by atoms with van der Waals surface area (Å²) >= 11 is 0. The van der Waals surface area contributed by atoms with Crippen molar-refractivity contribution in [3.05, 3.63) is 23.3 Å². The van der Waals surface area contributed by atoms with Gasteiger partial charge in [-0.3, -0.25) is 14.4 Å². The van der Waals surface area contributed by atoms with Crippen LogP contribution in [0.25, 0.3) is 0 Å². The minimum Gasteiger partial charge on any atom is -0.462 e. The van der Waals surface area contributed by atoms with Crippen LogP contribution in [0.1, 0.15) is 67.7 Å². The molecule has 0 unspecified atom stereocenters. The van der Waals surface area contributed by atoms with E-state index in [1.807, 2.05) is 20.8 Å². The second-order valence-corrected chi connectivity index (χ2v) is 10.5. The highest BCUT2D eigenvalue weighted by Crippen LogP contribution is 2.65. The molecule has 1 saturated carbocycles. The van der Waals surface area contributed by atoms with E-state index in [2.05, 4.69) is 6.08 Å². The Balaban J connectivity index is 2.25. The molecule has 35 heavy (non-hydrogen) atoms. The molecule has 0 aromatic rings. The lowest BCUT2D eigenvalue weighted by molar-refractivity contribution is -0.297. The van der Waals surface area contributed by atoms with Crippen LogP contribution in [0.5, 0.6) is 0 Å². The molecule has 1 heterocycles. The molecule has 0 aromatic carbocycles. The molecule has 1 aliphatic heterocycles. The molecule has 0 saturated heterocycles. The summed E-state index contributed by atoms with van der Waals surface area (Å²) < 4.78 is 22.4. The molecule has 1 fully saturated rings. The van der Waals surface area contributed by atoms with Gasteiger partial charge in [0.15, 0.2) is 12.2 Å². The molecule has 1 N–H and O–H groups in total. The van der Waals surface area contributed by atoms with Gasteiger partial charge in [0.25, 0.3) is 0 Å². The van der Waals surface area contributed by atoms with E-state index in [4.69, 9.17) is 18.9 Å². The Kier molecular flexibility index (Phi) is 7.24. The van der Waals surface area contributed by atoms with Crippen LogP contribution in [-0.4, -0.2) is 59.5 Å². The summed E-state index contributed by atoms with van der Waals surface area (Å²) in [4.78, 5) is 48.4. The molecule has 3 rings (SSSR count). The Morgan fingerprint density at radius 2 is 1.69 bits per heavy atom. The Morgan fingerprint density at radius 1 is 1.09 bits per heavy atom. The maximum Gasteiger partial charge on any atom is 0.331 e. The van der Waals surface area contributed by atoms with Crippen molar-refractivity contribution in [2.45, 2.75) is 91.6 Å². The van der Waals surface area contributed by atoms with Crippen LogP contribution in [-0.2, 0) is 38.1 Å². The number of esters is 4. The van der Waals surface area contributed by atoms with Gasteiger partial charge in [0, 0.05) is 44.1 Å². The van der Waals surface area contributed by atoms with Crippen LogP contribution in [0.4, 0.5) is 0 Å². The van der Waals surface area contributed by atoms with E-state index in [-0.39, 0.29) is 18.9 Å². The van der Waals surface area contributed by atoms with Crippen molar-refractivity contribution in [2.24, 2.45) is 16.7 Å². The van der Waals surface area contributed by atoms with Gasteiger partial charge in [-0.05, 0) is 38.2 Å². The molecule has 0 aromatic heterocycles. The lowest BCUT2D eigenvalue weighted by Crippen LogP contribution is -2.75. The lowest BCUT2D eigenvalue weighted by Gasteiger charge is -2.66. The highest BCUT2D eigenvalue weighted by Gasteiger charge is 2.72. The van der Waals surface area contributed by atoms with Gasteiger partial charge in [-0.25, -0.2) is 4.79 Å². The van der Waals surface area contributed by atoms with Crippen molar-refractivity contribution < 1.29 is 43.2 Å². The Labute approximate surface area is 205 Å². The van der Waals surface area contributed by atoms with E-state index < -0.39 is 58.6 Å². The Bertz CT molecular complexity index is 977. The van der Waals surface area contributed by atoms with Crippen LogP contribution in [0, 0.1) is 16.7 Å². The molecule has 9 nitrogen and oxygen atoms in total. The van der Waals surface area contributed by atoms with Crippen molar-refractivity contribution >= 4 is 23.9 Å². The molecule has 0 bridgehead atoms. The van der Waals surface area contributed by atoms with Gasteiger partial charge >= 0.3 is 23.9 Å². The van der Waals surface area contributed by atoms with Gasteiger partial charge < -0.3 is 24.1 Å². The summed E-state index contributed by atoms with van der Waals surface area (Å²) in [6.07, 6.45) is 1.79. The largest absolute Gasteiger partial charge is 0.462 e. The van der Waals surface area contributed by atoms with Gasteiger partial charge in [0.1, 0.15) is 18.3 Å². The molecule has 0 radical (unpaired) electrons. The first-order chi connectivity index (χ1) is 16.1. The van der Waals surface area contributed by atoms with Gasteiger partial charge in [0.2, 0.25) is 0 Å². The van der Waals surface area contributed by atoms with Gasteiger partial charge in [-0.15, -0.1) is 0 Å². The van der Waals surface area contributed by atoms with E-state index in [1.54, 1.807) is 0 Å². The number of fused-ring (bicyclic) bond motifs is 1. The number of hydrogen-bond donors (Lipinski definition) is 1. The molecule has 2 aliphatic carbocycles. The summed E-state index contributed by atoms with van der Waals surface area (Å²) in [5.74, 6) is -2.57. The van der Waals surface area contributed by atoms with E-state index in [1.165, 1.54) is 33.8 Å². The number of aliphatic hydroxyl groups is 1. The molecule has 7 atom stereocenters. The van der Waals surface area contributed by atoms with E-state index in [0.29, 0.717) is 18.4 Å². The number of allylic oxidation sites excluding steroid dienone is 1. The van der Waals surface area contributed by atoms with Crippen LogP contribution in [0.15, 0.2) is 23.3 Å². The zero-order valence-corrected chi connectivity index (χ0v) is 21.5. The molecule has 0 spiro atoms. The summed E-state index contributed by atoms with van der Waals surface area (Å²) in [5.41, 5.74) is -2.24. The number of rotatable bonds is 6. The average Bonchev–Trinajstić information content (AvgIpc) is 3.14. The van der Waals surface area contributed by atoms with Crippen LogP contribution >= 0.6 is 0 Å². The SMILES string of the molecule is CC(=O)O[C@@H](CC1=CC(=O)OC1)[C@]1(C)[C@H]2CCC=C(C)[C@]2(C)[C@@H](OC(C)=O)[C@H](OC(C)=O)[C@]1(C)O. The maximum atomic E-state index is 12.3. The third kappa shape index (κ3) is 4.50. The van der Waals surface area contributed by atoms with Crippen molar-refractivity contribution in [2.75, 3.05) is 6.61 Å². The Hall–Kier alpha value is -2.68. The maximum absolute atomic E-state index is 12.3. The predicted octanol–water partition coefficient (Wildman–Crippen LogP) is 2.79. The minimum absolute atomic E-state index is 0.0686. The van der Waals surface area contributed by atoms with Gasteiger partial charge in [0.05, 0.1) is 0 Å². The fraction of sp³-hybridized carbons (Fsp3) is 0.692. The van der Waals surface area contributed by atoms with Crippen molar-refractivity contribution in [3.63, 3.8) is 0 Å². The fourth-order valence-electron chi connectivity index (χ4n) is 6.49. The normalized spacial score (nSPS) is 37.3. The zero-order chi connectivity index (χ0) is 26.3. The number of ether oxygens (including phenoxy) is 4. The summed E-state index contributed by atoms with van der Waals surface area (Å²) in [7, 11) is 0. The van der Waals surface area contributed by atoms with E-state index in [9.17, 15) is 24.3 Å². The minimum atomic E-state index is -1.79. The number of carbonyl (C=O) groups is 4. The van der Waals surface area contributed by atoms with Crippen LogP contribution < -0.4 is 0 Å². The monoisotopic (exact) mass is 492 g/mol. The van der Waals surface area contributed by atoms with E-state index in [0.717, 1.165) is 5.57 Å². The topological polar surface area (TPSA) is 125 Å². The van der Waals surface area contributed by atoms with Crippen molar-refractivity contribution in [1.82, 2.24) is 0 Å². The van der Waals surface area contributed by atoms with Gasteiger partial charge in [-0.2, -0.15) is 0 Å². The molecule has 0 amide bonds. The standard InChI is InChI=1S/C26H36O9/c1-14-9-8-10-19-24(14,5)22(34-16(3)28)23(35-17(4)29)26(7,31)25(19,6)20(33-15(2)27)11-18-12-21(30)32-13-18/h9,12,19-20,22-23,31H,8,10-11,13H2,1-7H3/t19-,20-,22-,23-,24-,25-,26-/m0/s1. The molecule has 9 heteroatoms. The second kappa shape index (κ2) is 9.41. The first-order valence-corrected chi connectivity index (χ1v) is 11.9. The fourth-order valence-corrected chi connectivity index (χ4v) is 6.49. The first-order valence-electron chi connectivity index (χ1n) is 11.9. The first kappa shape index (κ1) is 26.9.